The molecule has 0 fully saturated rings. The van der Waals surface area contributed by atoms with Gasteiger partial charge in [0, 0.05) is 0 Å². The van der Waals surface area contributed by atoms with Crippen LogP contribution in [0.25, 0.3) is 0 Å². The number of amides is 1. The molecule has 0 aliphatic rings. The number of hydrogen-bond donors (Lipinski definition) is 2. The zero-order valence-corrected chi connectivity index (χ0v) is 8.27. The molecule has 0 saturated carbocycles. The van der Waals surface area contributed by atoms with Crippen LogP contribution < -0.4 is 10.5 Å². The molecule has 17 heavy (non-hydrogen) atoms. The fourth-order valence-electron chi connectivity index (χ4n) is 0.605. The Balaban J connectivity index is 0.000000325. The summed E-state index contributed by atoms with van der Waals surface area (Å²) in [4.78, 5) is 19.1. The highest BCUT2D eigenvalue weighted by Crippen LogP contribution is 2.13. The summed E-state index contributed by atoms with van der Waals surface area (Å²) in [6.07, 6.45) is -5.87. The number of benzene rings is 1. The summed E-state index contributed by atoms with van der Waals surface area (Å²) in [6.45, 7) is 0. The number of hydrogen-bond acceptors (Lipinski definition) is 3. The summed E-state index contributed by atoms with van der Waals surface area (Å²) in [5.74, 6) is -2.29. The van der Waals surface area contributed by atoms with E-state index in [1.165, 1.54) is 0 Å². The minimum atomic E-state index is -5.08. The summed E-state index contributed by atoms with van der Waals surface area (Å²) in [7, 11) is 0. The fraction of sp³-hybridized carbons (Fsp3) is 0.111. The van der Waals surface area contributed by atoms with Crippen LogP contribution in [0, 0.1) is 0 Å². The number of carbonyl (C=O) groups is 2. The molecule has 3 N–H and O–H groups in total. The molecule has 0 spiro atoms. The van der Waals surface area contributed by atoms with Gasteiger partial charge in [0.1, 0.15) is 5.75 Å². The second-order valence-corrected chi connectivity index (χ2v) is 2.54. The zero-order valence-electron chi connectivity index (χ0n) is 8.27. The van der Waals surface area contributed by atoms with Gasteiger partial charge in [-0.1, -0.05) is 18.2 Å². The van der Waals surface area contributed by atoms with Crippen LogP contribution in [0.4, 0.5) is 18.0 Å². The first kappa shape index (κ1) is 14.8. The smallest absolute Gasteiger partial charge is 0.475 e. The largest absolute Gasteiger partial charge is 0.490 e. The Morgan fingerprint density at radius 1 is 1.18 bits per heavy atom. The molecule has 0 radical (unpaired) electrons. The molecule has 0 heterocycles. The van der Waals surface area contributed by atoms with Crippen LogP contribution >= 0.6 is 0 Å². The average Bonchev–Trinajstić information content (AvgIpc) is 2.17. The molecule has 0 saturated heterocycles. The monoisotopic (exact) mass is 251 g/mol. The van der Waals surface area contributed by atoms with E-state index >= 15 is 0 Å². The van der Waals surface area contributed by atoms with Gasteiger partial charge >= 0.3 is 18.2 Å². The predicted octanol–water partition coefficient (Wildman–Crippen LogP) is 1.78. The molecule has 0 unspecified atom stereocenters. The molecule has 1 aromatic rings. The Morgan fingerprint density at radius 3 is 1.88 bits per heavy atom. The molecule has 5 nitrogen and oxygen atoms in total. The van der Waals surface area contributed by atoms with Gasteiger partial charge in [0.05, 0.1) is 0 Å². The second kappa shape index (κ2) is 6.36. The normalized spacial score (nSPS) is 9.82. The minimum Gasteiger partial charge on any atom is -0.475 e. The number of carboxylic acids is 1. The average molecular weight is 251 g/mol. The van der Waals surface area contributed by atoms with Crippen molar-refractivity contribution >= 4 is 12.1 Å². The Labute approximate surface area is 93.6 Å². The molecular formula is C9H8F3NO4. The van der Waals surface area contributed by atoms with Gasteiger partial charge in [-0.15, -0.1) is 0 Å². The minimum absolute atomic E-state index is 0.468. The van der Waals surface area contributed by atoms with E-state index in [9.17, 15) is 18.0 Å². The van der Waals surface area contributed by atoms with Crippen molar-refractivity contribution in [2.75, 3.05) is 0 Å². The van der Waals surface area contributed by atoms with E-state index < -0.39 is 18.2 Å². The van der Waals surface area contributed by atoms with Crippen LogP contribution in [0.15, 0.2) is 30.3 Å². The quantitative estimate of drug-likeness (QED) is 0.795. The number of nitrogens with two attached hydrogens (primary N) is 1. The molecule has 0 aromatic heterocycles. The van der Waals surface area contributed by atoms with Gasteiger partial charge in [0.2, 0.25) is 0 Å². The number of carboxylic acid groups (broad SMARTS) is 1. The van der Waals surface area contributed by atoms with Gasteiger partial charge in [-0.2, -0.15) is 13.2 Å². The summed E-state index contributed by atoms with van der Waals surface area (Å²) in [5.41, 5.74) is 4.76. The standard InChI is InChI=1S/C7H7NO2.C2HF3O2/c8-7(9)10-6-4-2-1-3-5-6;3-2(4,5)1(6)7/h1-5H,(H2,8,9);(H,6,7). The number of carbonyl (C=O) groups excluding carboxylic acids is 1. The number of halogens is 3. The lowest BCUT2D eigenvalue weighted by Gasteiger charge is -1.96. The maximum absolute atomic E-state index is 10.6. The first-order chi connectivity index (χ1) is 7.73. The van der Waals surface area contributed by atoms with E-state index in [4.69, 9.17) is 15.6 Å². The molecule has 0 atom stereocenters. The van der Waals surface area contributed by atoms with E-state index in [0.29, 0.717) is 5.75 Å². The predicted molar refractivity (Wildman–Crippen MR) is 50.3 cm³/mol. The molecule has 1 amide bonds. The van der Waals surface area contributed by atoms with Crippen LogP contribution in [0.3, 0.4) is 0 Å². The van der Waals surface area contributed by atoms with Crippen LogP contribution in [0.2, 0.25) is 0 Å². The summed E-state index contributed by atoms with van der Waals surface area (Å²) in [5, 5.41) is 7.12. The fourth-order valence-corrected chi connectivity index (χ4v) is 0.605. The maximum Gasteiger partial charge on any atom is 0.490 e. The lowest BCUT2D eigenvalue weighted by molar-refractivity contribution is -0.192. The Bertz CT molecular complexity index is 378. The summed E-state index contributed by atoms with van der Waals surface area (Å²) < 4.78 is 36.3. The van der Waals surface area contributed by atoms with Crippen LogP contribution in [-0.2, 0) is 4.79 Å². The van der Waals surface area contributed by atoms with Crippen LogP contribution in [-0.4, -0.2) is 23.3 Å². The zero-order chi connectivity index (χ0) is 13.5. The summed E-state index contributed by atoms with van der Waals surface area (Å²) in [6, 6.07) is 8.67. The van der Waals surface area contributed by atoms with Crippen molar-refractivity contribution in [2.45, 2.75) is 6.18 Å². The molecule has 94 valence electrons. The first-order valence-corrected chi connectivity index (χ1v) is 4.06. The molecule has 1 aromatic carbocycles. The third-order valence-corrected chi connectivity index (χ3v) is 1.20. The molecule has 8 heteroatoms. The van der Waals surface area contributed by atoms with Crippen molar-refractivity contribution in [1.29, 1.82) is 0 Å². The lowest BCUT2D eigenvalue weighted by atomic mass is 10.3. The highest BCUT2D eigenvalue weighted by molar-refractivity contribution is 5.73. The highest BCUT2D eigenvalue weighted by Gasteiger charge is 2.38. The van der Waals surface area contributed by atoms with Crippen molar-refractivity contribution in [3.05, 3.63) is 30.3 Å². The number of rotatable bonds is 1. The van der Waals surface area contributed by atoms with E-state index in [1.807, 2.05) is 6.07 Å². The van der Waals surface area contributed by atoms with Gasteiger partial charge in [0.25, 0.3) is 0 Å². The number of ether oxygens (including phenoxy) is 1. The molecular weight excluding hydrogens is 243 g/mol. The number of para-hydroxylation sites is 1. The Morgan fingerprint density at radius 2 is 1.59 bits per heavy atom. The van der Waals surface area contributed by atoms with E-state index in [2.05, 4.69) is 4.74 Å². The topological polar surface area (TPSA) is 89.6 Å². The van der Waals surface area contributed by atoms with Gasteiger partial charge in [0.15, 0.2) is 0 Å². The van der Waals surface area contributed by atoms with Gasteiger partial charge in [-0.3, -0.25) is 0 Å². The van der Waals surface area contributed by atoms with E-state index in [1.54, 1.807) is 24.3 Å². The second-order valence-electron chi connectivity index (χ2n) is 2.54. The Kier molecular flexibility index (Phi) is 5.52. The summed E-state index contributed by atoms with van der Waals surface area (Å²) >= 11 is 0. The van der Waals surface area contributed by atoms with Crippen molar-refractivity contribution in [3.63, 3.8) is 0 Å². The molecule has 1 rings (SSSR count). The lowest BCUT2D eigenvalue weighted by Crippen LogP contribution is -2.21. The molecule has 0 bridgehead atoms. The maximum atomic E-state index is 10.6. The van der Waals surface area contributed by atoms with Gasteiger partial charge in [-0.05, 0) is 12.1 Å². The number of alkyl halides is 3. The number of aliphatic carboxylic acids is 1. The van der Waals surface area contributed by atoms with E-state index in [-0.39, 0.29) is 0 Å². The third kappa shape index (κ3) is 7.65. The molecule has 0 aliphatic heterocycles. The van der Waals surface area contributed by atoms with Crippen molar-refractivity contribution < 1.29 is 32.6 Å². The van der Waals surface area contributed by atoms with Crippen molar-refractivity contribution in [2.24, 2.45) is 5.73 Å². The van der Waals surface area contributed by atoms with Crippen molar-refractivity contribution in [1.82, 2.24) is 0 Å². The SMILES string of the molecule is NC(=O)Oc1ccccc1.O=C(O)C(F)(F)F. The van der Waals surface area contributed by atoms with Crippen molar-refractivity contribution in [3.8, 4) is 5.75 Å². The van der Waals surface area contributed by atoms with E-state index in [0.717, 1.165) is 0 Å². The Hall–Kier alpha value is -2.25. The van der Waals surface area contributed by atoms with Crippen LogP contribution in [0.1, 0.15) is 0 Å². The third-order valence-electron chi connectivity index (χ3n) is 1.20. The first-order valence-electron chi connectivity index (χ1n) is 4.06. The highest BCUT2D eigenvalue weighted by atomic mass is 19.4. The number of primary amides is 1. The molecule has 0 aliphatic carbocycles. The van der Waals surface area contributed by atoms with Crippen LogP contribution in [0.5, 0.6) is 5.75 Å². The van der Waals surface area contributed by atoms with Gasteiger partial charge in [-0.25, -0.2) is 9.59 Å². The van der Waals surface area contributed by atoms with Gasteiger partial charge < -0.3 is 15.6 Å².